The Kier molecular flexibility index (Phi) is 99.2. The van der Waals surface area contributed by atoms with Crippen LogP contribution in [-0.2, 0) is 36.5 Å². The zero-order valence-electron chi connectivity index (χ0n) is 1.01. The third-order valence-corrected chi connectivity index (χ3v) is 0. The van der Waals surface area contributed by atoms with Gasteiger partial charge >= 0.3 is 80.9 Å². The Morgan fingerprint density at radius 3 is 1.00 bits per heavy atom. The molecule has 0 aromatic carbocycles. The maximum Gasteiger partial charge on any atom is 0 e. The van der Waals surface area contributed by atoms with E-state index >= 15 is 0 Å². The minimum Gasteiger partial charge on any atom is 0 e. The second-order valence-electron chi connectivity index (χ2n) is 0. The summed E-state index contributed by atoms with van der Waals surface area (Å²) in [6.45, 7) is 0. The van der Waals surface area contributed by atoms with Crippen LogP contribution in [0.15, 0.2) is 0 Å². The molecular weight excluding hydrogens is 191 g/mol. The summed E-state index contributed by atoms with van der Waals surface area (Å²) in [6, 6.07) is 0. The third kappa shape index (κ3) is 9.24. The maximum atomic E-state index is 0. The quantitative estimate of drug-likeness (QED) is 0.419. The summed E-state index contributed by atoms with van der Waals surface area (Å²) in [4.78, 5) is 0. The molecular formula is H2CuKNaZn. The Morgan fingerprint density at radius 2 is 1.00 bits per heavy atom. The molecule has 17 valence electrons. The summed E-state index contributed by atoms with van der Waals surface area (Å²) in [6.07, 6.45) is 0. The van der Waals surface area contributed by atoms with Gasteiger partial charge in [-0.25, -0.2) is 0 Å². The van der Waals surface area contributed by atoms with Crippen LogP contribution in [0.1, 0.15) is 0 Å². The normalized spacial score (nSPS) is 0. The zero-order chi connectivity index (χ0) is 0. The predicted octanol–water partition coefficient (Wildman–Crippen LogP) is -1.30. The van der Waals surface area contributed by atoms with Crippen LogP contribution in [0, 0.1) is 0 Å². The molecule has 0 fully saturated rings. The molecule has 0 amide bonds. The van der Waals surface area contributed by atoms with Gasteiger partial charge in [0.25, 0.3) is 0 Å². The Morgan fingerprint density at radius 1 is 1.00 bits per heavy atom. The Balaban J connectivity index is 0. The van der Waals surface area contributed by atoms with E-state index in [4.69, 9.17) is 0 Å². The second-order valence-corrected chi connectivity index (χ2v) is 0. The molecule has 0 aliphatic rings. The molecule has 4 heteroatoms. The molecule has 0 unspecified atom stereocenters. The summed E-state index contributed by atoms with van der Waals surface area (Å²) in [5, 5.41) is 0. The SMILES string of the molecule is [Cu].[KH].[NaH].[Zn]. The molecule has 4 heavy (non-hydrogen) atoms. The summed E-state index contributed by atoms with van der Waals surface area (Å²) < 4.78 is 0. The van der Waals surface area contributed by atoms with Gasteiger partial charge < -0.3 is 0 Å². The first-order valence-corrected chi connectivity index (χ1v) is 0. The second kappa shape index (κ2) is 15.9. The minimum absolute atomic E-state index is 0. The van der Waals surface area contributed by atoms with E-state index in [0.29, 0.717) is 0 Å². The fourth-order valence-electron chi connectivity index (χ4n) is 0. The van der Waals surface area contributed by atoms with E-state index in [0.717, 1.165) is 0 Å². The van der Waals surface area contributed by atoms with Crippen molar-refractivity contribution < 1.29 is 36.5 Å². The van der Waals surface area contributed by atoms with Crippen LogP contribution in [0.2, 0.25) is 0 Å². The van der Waals surface area contributed by atoms with Crippen LogP contribution in [0.3, 0.4) is 0 Å². The smallest absolute Gasteiger partial charge is 0 e. The first kappa shape index (κ1) is 25.0. The molecule has 0 heterocycles. The van der Waals surface area contributed by atoms with E-state index in [2.05, 4.69) is 0 Å². The van der Waals surface area contributed by atoms with Crippen molar-refractivity contribution in [2.75, 3.05) is 0 Å². The van der Waals surface area contributed by atoms with Gasteiger partial charge in [-0.1, -0.05) is 0 Å². The van der Waals surface area contributed by atoms with Crippen molar-refractivity contribution in [1.82, 2.24) is 0 Å². The van der Waals surface area contributed by atoms with Gasteiger partial charge in [-0.15, -0.1) is 0 Å². The fourth-order valence-corrected chi connectivity index (χ4v) is 0. The van der Waals surface area contributed by atoms with E-state index in [1.54, 1.807) is 0 Å². The Bertz CT molecular complexity index is 8.00. The van der Waals surface area contributed by atoms with Crippen molar-refractivity contribution in [3.63, 3.8) is 0 Å². The van der Waals surface area contributed by atoms with Crippen LogP contribution >= 0.6 is 0 Å². The monoisotopic (exact) mass is 191 g/mol. The van der Waals surface area contributed by atoms with E-state index in [9.17, 15) is 0 Å². The Hall–Kier alpha value is 3.78. The molecule has 0 saturated heterocycles. The van der Waals surface area contributed by atoms with Gasteiger partial charge in [-0.2, -0.15) is 0 Å². The third-order valence-electron chi connectivity index (χ3n) is 0. The molecule has 0 aromatic heterocycles. The molecule has 0 spiro atoms. The Labute approximate surface area is 114 Å². The molecule has 0 aromatic rings. The van der Waals surface area contributed by atoms with Gasteiger partial charge in [0, 0.05) is 36.5 Å². The van der Waals surface area contributed by atoms with Crippen molar-refractivity contribution in [1.29, 1.82) is 0 Å². The molecule has 0 saturated carbocycles. The van der Waals surface area contributed by atoms with E-state index < -0.39 is 0 Å². The summed E-state index contributed by atoms with van der Waals surface area (Å²) in [7, 11) is 0. The molecule has 0 N–H and O–H groups in total. The molecule has 1 radical (unpaired) electrons. The first-order chi connectivity index (χ1) is 0. The van der Waals surface area contributed by atoms with Crippen LogP contribution in [0.5, 0.6) is 0 Å². The van der Waals surface area contributed by atoms with Crippen molar-refractivity contribution in [3.8, 4) is 0 Å². The van der Waals surface area contributed by atoms with Crippen molar-refractivity contribution in [2.45, 2.75) is 0 Å². The van der Waals surface area contributed by atoms with Gasteiger partial charge in [-0.05, 0) is 0 Å². The van der Waals surface area contributed by atoms with Crippen molar-refractivity contribution in [3.05, 3.63) is 0 Å². The van der Waals surface area contributed by atoms with Crippen molar-refractivity contribution in [2.24, 2.45) is 0 Å². The zero-order valence-corrected chi connectivity index (χ0v) is 4.92. The van der Waals surface area contributed by atoms with Crippen LogP contribution < -0.4 is 0 Å². The van der Waals surface area contributed by atoms with Gasteiger partial charge in [-0.3, -0.25) is 0 Å². The van der Waals surface area contributed by atoms with Crippen LogP contribution in [-0.4, -0.2) is 80.9 Å². The molecule has 0 bridgehead atoms. The fraction of sp³-hybridized carbons (Fsp3) is 0. The van der Waals surface area contributed by atoms with Gasteiger partial charge in [0.15, 0.2) is 0 Å². The van der Waals surface area contributed by atoms with Crippen molar-refractivity contribution >= 4 is 80.9 Å². The molecule has 0 atom stereocenters. The van der Waals surface area contributed by atoms with Crippen LogP contribution in [0.4, 0.5) is 0 Å². The average Bonchev–Trinajstić information content (AvgIpc) is 0. The summed E-state index contributed by atoms with van der Waals surface area (Å²) in [5.41, 5.74) is 0. The number of rotatable bonds is 0. The van der Waals surface area contributed by atoms with E-state index in [-0.39, 0.29) is 117 Å². The molecule has 0 rings (SSSR count). The molecule has 0 aliphatic carbocycles. The number of hydrogen-bond donors (Lipinski definition) is 0. The largest absolute Gasteiger partial charge is 0 e. The maximum absolute atomic E-state index is 0. The summed E-state index contributed by atoms with van der Waals surface area (Å²) in [5.74, 6) is 0. The number of hydrogen-bond acceptors (Lipinski definition) is 0. The average molecular weight is 193 g/mol. The van der Waals surface area contributed by atoms with Gasteiger partial charge in [0.2, 0.25) is 0 Å². The van der Waals surface area contributed by atoms with Gasteiger partial charge in [0.05, 0.1) is 0 Å². The van der Waals surface area contributed by atoms with E-state index in [1.807, 2.05) is 0 Å². The predicted molar refractivity (Wildman–Crippen MR) is 14.3 cm³/mol. The summed E-state index contributed by atoms with van der Waals surface area (Å²) >= 11 is 0. The molecule has 0 aliphatic heterocycles. The molecule has 0 nitrogen and oxygen atoms in total. The minimum atomic E-state index is 0. The first-order valence-electron chi connectivity index (χ1n) is 0. The van der Waals surface area contributed by atoms with E-state index in [1.165, 1.54) is 0 Å². The standard InChI is InChI=1S/Cu.K.Na.Zn.2H. The van der Waals surface area contributed by atoms with Gasteiger partial charge in [0.1, 0.15) is 0 Å². The topological polar surface area (TPSA) is 0 Å². The van der Waals surface area contributed by atoms with Crippen LogP contribution in [0.25, 0.3) is 0 Å².